The van der Waals surface area contributed by atoms with Crippen LogP contribution in [-0.4, -0.2) is 10.9 Å². The maximum Gasteiger partial charge on any atom is 0.345 e. The van der Waals surface area contributed by atoms with Gasteiger partial charge in [-0.05, 0) is 12.1 Å². The van der Waals surface area contributed by atoms with Crippen LogP contribution in [0.3, 0.4) is 0 Å². The lowest BCUT2D eigenvalue weighted by Gasteiger charge is -1.99. The molecule has 2 heterocycles. The van der Waals surface area contributed by atoms with Crippen LogP contribution in [0.4, 0.5) is 0 Å². The highest BCUT2D eigenvalue weighted by Gasteiger charge is 2.12. The molecule has 1 aromatic carbocycles. The molecule has 0 spiro atoms. The molecule has 3 rings (SSSR count). The number of aromatic nitrogens is 1. The summed E-state index contributed by atoms with van der Waals surface area (Å²) >= 11 is 1.29. The highest BCUT2D eigenvalue weighted by Crippen LogP contribution is 2.22. The fourth-order valence-electron chi connectivity index (χ4n) is 1.91. The minimum atomic E-state index is -0.448. The lowest BCUT2D eigenvalue weighted by Crippen LogP contribution is -2.13. The van der Waals surface area contributed by atoms with Crippen molar-refractivity contribution in [2.45, 2.75) is 6.42 Å². The second kappa shape index (κ2) is 4.90. The molecule has 100 valence electrons. The number of rotatable bonds is 3. The number of hydrogen-bond donors (Lipinski definition) is 1. The summed E-state index contributed by atoms with van der Waals surface area (Å²) in [4.78, 5) is 27.1. The van der Waals surface area contributed by atoms with Gasteiger partial charge in [0.1, 0.15) is 10.6 Å². The first kappa shape index (κ1) is 12.6. The van der Waals surface area contributed by atoms with Gasteiger partial charge in [0.05, 0.1) is 17.7 Å². The third-order valence-electron chi connectivity index (χ3n) is 2.79. The van der Waals surface area contributed by atoms with Crippen LogP contribution in [0, 0.1) is 0 Å². The highest BCUT2D eigenvalue weighted by molar-refractivity contribution is 7.10. The van der Waals surface area contributed by atoms with Crippen molar-refractivity contribution in [2.75, 3.05) is 0 Å². The van der Waals surface area contributed by atoms with E-state index >= 15 is 0 Å². The Morgan fingerprint density at radius 1 is 1.35 bits per heavy atom. The lowest BCUT2D eigenvalue weighted by molar-refractivity contribution is -0.117. The van der Waals surface area contributed by atoms with Crippen molar-refractivity contribution in [1.29, 1.82) is 0 Å². The van der Waals surface area contributed by atoms with E-state index in [1.54, 1.807) is 23.6 Å². The Morgan fingerprint density at radius 3 is 2.95 bits per heavy atom. The maximum absolute atomic E-state index is 12.0. The van der Waals surface area contributed by atoms with E-state index in [4.69, 9.17) is 10.2 Å². The molecule has 3 aromatic rings. The molecule has 0 fully saturated rings. The molecule has 0 aliphatic rings. The number of benzene rings is 1. The standard InChI is InChI=1S/C14H10N2O3S/c15-12(17)6-13-16-10(7-20-13)9-5-8-3-1-2-4-11(8)19-14(9)18/h1-5,7H,6H2,(H2,15,17). The maximum atomic E-state index is 12.0. The number of nitrogens with zero attached hydrogens (tertiary/aromatic N) is 1. The van der Waals surface area contributed by atoms with Gasteiger partial charge < -0.3 is 10.2 Å². The molecule has 0 aliphatic carbocycles. The molecule has 20 heavy (non-hydrogen) atoms. The summed E-state index contributed by atoms with van der Waals surface area (Å²) in [7, 11) is 0. The summed E-state index contributed by atoms with van der Waals surface area (Å²) < 4.78 is 5.25. The van der Waals surface area contributed by atoms with Gasteiger partial charge in [-0.2, -0.15) is 0 Å². The zero-order valence-corrected chi connectivity index (χ0v) is 11.1. The summed E-state index contributed by atoms with van der Waals surface area (Å²) in [5.74, 6) is -0.448. The molecular formula is C14H10N2O3S. The van der Waals surface area contributed by atoms with Crippen LogP contribution in [0.2, 0.25) is 0 Å². The lowest BCUT2D eigenvalue weighted by atomic mass is 10.1. The molecule has 0 aliphatic heterocycles. The number of carbonyl (C=O) groups excluding carboxylic acids is 1. The van der Waals surface area contributed by atoms with Crippen LogP contribution in [0.15, 0.2) is 44.9 Å². The monoisotopic (exact) mass is 286 g/mol. The van der Waals surface area contributed by atoms with E-state index in [2.05, 4.69) is 4.98 Å². The van der Waals surface area contributed by atoms with Gasteiger partial charge in [-0.3, -0.25) is 4.79 Å². The van der Waals surface area contributed by atoms with Gasteiger partial charge in [0, 0.05) is 10.8 Å². The van der Waals surface area contributed by atoms with Gasteiger partial charge in [0.15, 0.2) is 0 Å². The van der Waals surface area contributed by atoms with Crippen LogP contribution in [0.1, 0.15) is 5.01 Å². The summed E-state index contributed by atoms with van der Waals surface area (Å²) in [5, 5.41) is 3.13. The van der Waals surface area contributed by atoms with E-state index in [0.717, 1.165) is 5.39 Å². The largest absolute Gasteiger partial charge is 0.422 e. The first-order chi connectivity index (χ1) is 9.63. The van der Waals surface area contributed by atoms with Crippen molar-refractivity contribution in [2.24, 2.45) is 5.73 Å². The van der Waals surface area contributed by atoms with Crippen molar-refractivity contribution in [3.05, 3.63) is 51.1 Å². The third-order valence-corrected chi connectivity index (χ3v) is 3.64. The smallest absolute Gasteiger partial charge is 0.345 e. The number of carbonyl (C=O) groups is 1. The zero-order valence-electron chi connectivity index (χ0n) is 10.3. The summed E-state index contributed by atoms with van der Waals surface area (Å²) in [6.07, 6.45) is 0.0730. The van der Waals surface area contributed by atoms with Crippen molar-refractivity contribution < 1.29 is 9.21 Å². The average molecular weight is 286 g/mol. The molecule has 5 nitrogen and oxygen atoms in total. The minimum absolute atomic E-state index is 0.0730. The van der Waals surface area contributed by atoms with E-state index in [-0.39, 0.29) is 6.42 Å². The van der Waals surface area contributed by atoms with Crippen molar-refractivity contribution in [1.82, 2.24) is 4.98 Å². The van der Waals surface area contributed by atoms with E-state index in [1.807, 2.05) is 12.1 Å². The topological polar surface area (TPSA) is 86.2 Å². The number of nitrogens with two attached hydrogens (primary N) is 1. The summed E-state index contributed by atoms with van der Waals surface area (Å²) in [6.45, 7) is 0. The Balaban J connectivity index is 2.09. The van der Waals surface area contributed by atoms with Crippen LogP contribution >= 0.6 is 11.3 Å². The van der Waals surface area contributed by atoms with Crippen LogP contribution < -0.4 is 11.4 Å². The predicted octanol–water partition coefficient (Wildman–Crippen LogP) is 1.94. The third kappa shape index (κ3) is 2.33. The van der Waals surface area contributed by atoms with Gasteiger partial charge >= 0.3 is 5.63 Å². The molecule has 2 N–H and O–H groups in total. The van der Waals surface area contributed by atoms with E-state index < -0.39 is 11.5 Å². The number of fused-ring (bicyclic) bond motifs is 1. The Kier molecular flexibility index (Phi) is 3.08. The molecule has 0 unspecified atom stereocenters. The van der Waals surface area contributed by atoms with Gasteiger partial charge in [0.25, 0.3) is 0 Å². The first-order valence-electron chi connectivity index (χ1n) is 5.89. The number of thiazole rings is 1. The molecule has 2 aromatic heterocycles. The van der Waals surface area contributed by atoms with Gasteiger partial charge in [-0.15, -0.1) is 11.3 Å². The SMILES string of the molecule is NC(=O)Cc1nc(-c2cc3ccccc3oc2=O)cs1. The normalized spacial score (nSPS) is 10.8. The highest BCUT2D eigenvalue weighted by atomic mass is 32.1. The van der Waals surface area contributed by atoms with Crippen molar-refractivity contribution in [3.8, 4) is 11.3 Å². The number of amides is 1. The Hall–Kier alpha value is -2.47. The average Bonchev–Trinajstić information content (AvgIpc) is 2.85. The second-order valence-electron chi connectivity index (χ2n) is 4.25. The molecule has 0 atom stereocenters. The molecule has 0 bridgehead atoms. The fourth-order valence-corrected chi connectivity index (χ4v) is 2.71. The molecule has 1 amide bonds. The van der Waals surface area contributed by atoms with Crippen LogP contribution in [0.5, 0.6) is 0 Å². The Labute approximate surface area is 117 Å². The predicted molar refractivity (Wildman–Crippen MR) is 76.5 cm³/mol. The van der Waals surface area contributed by atoms with Gasteiger partial charge in [0.2, 0.25) is 5.91 Å². The zero-order chi connectivity index (χ0) is 14.1. The van der Waals surface area contributed by atoms with Crippen LogP contribution in [0.25, 0.3) is 22.2 Å². The second-order valence-corrected chi connectivity index (χ2v) is 5.20. The summed E-state index contributed by atoms with van der Waals surface area (Å²) in [6, 6.07) is 9.01. The first-order valence-corrected chi connectivity index (χ1v) is 6.77. The molecule has 6 heteroatoms. The number of hydrogen-bond acceptors (Lipinski definition) is 5. The molecular weight excluding hydrogens is 276 g/mol. The Morgan fingerprint density at radius 2 is 2.15 bits per heavy atom. The van der Waals surface area contributed by atoms with Gasteiger partial charge in [-0.1, -0.05) is 18.2 Å². The van der Waals surface area contributed by atoms with E-state index in [0.29, 0.717) is 21.8 Å². The quantitative estimate of drug-likeness (QED) is 0.745. The van der Waals surface area contributed by atoms with E-state index in [9.17, 15) is 9.59 Å². The molecule has 0 radical (unpaired) electrons. The number of primary amides is 1. The van der Waals surface area contributed by atoms with Gasteiger partial charge in [-0.25, -0.2) is 9.78 Å². The molecule has 0 saturated carbocycles. The Bertz CT molecular complexity index is 851. The minimum Gasteiger partial charge on any atom is -0.422 e. The van der Waals surface area contributed by atoms with Crippen molar-refractivity contribution >= 4 is 28.2 Å². The summed E-state index contributed by atoms with van der Waals surface area (Å²) in [5.41, 5.74) is 6.11. The number of para-hydroxylation sites is 1. The van der Waals surface area contributed by atoms with Crippen molar-refractivity contribution in [3.63, 3.8) is 0 Å². The van der Waals surface area contributed by atoms with E-state index in [1.165, 1.54) is 11.3 Å². The fraction of sp³-hybridized carbons (Fsp3) is 0.0714. The van der Waals surface area contributed by atoms with Crippen LogP contribution in [-0.2, 0) is 11.2 Å². The molecule has 0 saturated heterocycles.